The van der Waals surface area contributed by atoms with Gasteiger partial charge < -0.3 is 9.73 Å². The molecule has 1 aromatic carbocycles. The summed E-state index contributed by atoms with van der Waals surface area (Å²) in [5.74, 6) is 1.23. The zero-order chi connectivity index (χ0) is 13.7. The van der Waals surface area contributed by atoms with Crippen molar-refractivity contribution in [2.75, 3.05) is 6.54 Å². The van der Waals surface area contributed by atoms with Crippen LogP contribution in [0.1, 0.15) is 44.7 Å². The quantitative estimate of drug-likeness (QED) is 0.864. The normalized spacial score (nSPS) is 12.6. The molecule has 0 spiro atoms. The Morgan fingerprint density at radius 3 is 2.53 bits per heavy atom. The van der Waals surface area contributed by atoms with Crippen molar-refractivity contribution in [3.8, 4) is 11.5 Å². The van der Waals surface area contributed by atoms with Crippen LogP contribution in [0.5, 0.6) is 0 Å². The van der Waals surface area contributed by atoms with E-state index in [9.17, 15) is 0 Å². The van der Waals surface area contributed by atoms with Crippen LogP contribution in [0.25, 0.3) is 11.5 Å². The smallest absolute Gasteiger partial charge is 0.247 e. The molecule has 1 unspecified atom stereocenters. The molecule has 2 aromatic rings. The van der Waals surface area contributed by atoms with Crippen molar-refractivity contribution in [2.24, 2.45) is 0 Å². The summed E-state index contributed by atoms with van der Waals surface area (Å²) in [4.78, 5) is 0. The first-order valence-electron chi connectivity index (χ1n) is 6.90. The van der Waals surface area contributed by atoms with Crippen LogP contribution in [0, 0.1) is 0 Å². The highest BCUT2D eigenvalue weighted by atomic mass is 16.4. The number of rotatable bonds is 6. The minimum Gasteiger partial charge on any atom is -0.419 e. The first-order chi connectivity index (χ1) is 9.24. The number of nitrogens with one attached hydrogen (secondary N) is 1. The van der Waals surface area contributed by atoms with E-state index >= 15 is 0 Å². The predicted molar refractivity (Wildman–Crippen MR) is 75.8 cm³/mol. The Hall–Kier alpha value is -1.68. The van der Waals surface area contributed by atoms with Crippen molar-refractivity contribution in [2.45, 2.75) is 39.7 Å². The molecule has 1 N–H and O–H groups in total. The van der Waals surface area contributed by atoms with Crippen LogP contribution in [0.15, 0.2) is 28.7 Å². The first kappa shape index (κ1) is 13.7. The maximum absolute atomic E-state index is 5.72. The Kier molecular flexibility index (Phi) is 4.68. The topological polar surface area (TPSA) is 51.0 Å². The number of aromatic nitrogens is 2. The van der Waals surface area contributed by atoms with Gasteiger partial charge >= 0.3 is 0 Å². The van der Waals surface area contributed by atoms with Gasteiger partial charge in [0.15, 0.2) is 0 Å². The summed E-state index contributed by atoms with van der Waals surface area (Å²) in [5, 5.41) is 11.6. The molecule has 0 amide bonds. The second-order valence-electron chi connectivity index (χ2n) is 4.67. The monoisotopic (exact) mass is 259 g/mol. The molecule has 0 saturated carbocycles. The van der Waals surface area contributed by atoms with E-state index in [-0.39, 0.29) is 6.04 Å². The number of hydrogen-bond donors (Lipinski definition) is 1. The van der Waals surface area contributed by atoms with Gasteiger partial charge in [-0.3, -0.25) is 0 Å². The van der Waals surface area contributed by atoms with Crippen molar-refractivity contribution >= 4 is 0 Å². The summed E-state index contributed by atoms with van der Waals surface area (Å²) in [5.41, 5.74) is 2.28. The van der Waals surface area contributed by atoms with Crippen LogP contribution in [0.3, 0.4) is 0 Å². The van der Waals surface area contributed by atoms with Gasteiger partial charge in [-0.05, 0) is 44.0 Å². The molecule has 0 radical (unpaired) electrons. The van der Waals surface area contributed by atoms with E-state index in [4.69, 9.17) is 4.42 Å². The van der Waals surface area contributed by atoms with Crippen LogP contribution in [0.2, 0.25) is 0 Å². The maximum atomic E-state index is 5.72. The molecule has 19 heavy (non-hydrogen) atoms. The Balaban J connectivity index is 2.11. The van der Waals surface area contributed by atoms with Crippen LogP contribution in [-0.4, -0.2) is 16.7 Å². The third kappa shape index (κ3) is 3.41. The maximum Gasteiger partial charge on any atom is 0.247 e. The van der Waals surface area contributed by atoms with Crippen molar-refractivity contribution < 1.29 is 4.42 Å². The fourth-order valence-electron chi connectivity index (χ4n) is 1.86. The zero-order valence-corrected chi connectivity index (χ0v) is 11.8. The molecule has 0 fully saturated rings. The van der Waals surface area contributed by atoms with Crippen molar-refractivity contribution in [1.29, 1.82) is 0 Å². The van der Waals surface area contributed by atoms with Gasteiger partial charge in [-0.25, -0.2) is 0 Å². The highest BCUT2D eigenvalue weighted by Gasteiger charge is 2.13. The van der Waals surface area contributed by atoms with Crippen LogP contribution in [0.4, 0.5) is 0 Å². The highest BCUT2D eigenvalue weighted by Crippen LogP contribution is 2.21. The number of benzene rings is 1. The Labute approximate surface area is 114 Å². The van der Waals surface area contributed by atoms with E-state index < -0.39 is 0 Å². The molecule has 0 aliphatic heterocycles. The van der Waals surface area contributed by atoms with Crippen molar-refractivity contribution in [3.05, 3.63) is 35.7 Å². The van der Waals surface area contributed by atoms with Gasteiger partial charge in [0.2, 0.25) is 11.8 Å². The van der Waals surface area contributed by atoms with Crippen LogP contribution in [-0.2, 0) is 6.42 Å². The molecule has 2 rings (SSSR count). The van der Waals surface area contributed by atoms with Gasteiger partial charge in [0.1, 0.15) is 0 Å². The summed E-state index contributed by atoms with van der Waals surface area (Å²) < 4.78 is 5.72. The number of aryl methyl sites for hydroxylation is 1. The number of nitrogens with zero attached hydrogens (tertiary/aromatic N) is 2. The predicted octanol–water partition coefficient (Wildman–Crippen LogP) is 3.36. The van der Waals surface area contributed by atoms with Crippen molar-refractivity contribution in [1.82, 2.24) is 15.5 Å². The minimum atomic E-state index is 0.0936. The lowest BCUT2D eigenvalue weighted by Gasteiger charge is -2.07. The molecule has 4 nitrogen and oxygen atoms in total. The standard InChI is InChI=1S/C15H21N3O/c1-4-10-16-11(3)14-17-18-15(19-14)13-8-6-12(5-2)7-9-13/h6-9,11,16H,4-5,10H2,1-3H3. The zero-order valence-electron chi connectivity index (χ0n) is 11.8. The molecule has 4 heteroatoms. The molecular weight excluding hydrogens is 238 g/mol. The molecule has 1 heterocycles. The molecule has 0 aliphatic carbocycles. The summed E-state index contributed by atoms with van der Waals surface area (Å²) in [7, 11) is 0. The van der Waals surface area contributed by atoms with Gasteiger partial charge in [0.05, 0.1) is 6.04 Å². The van der Waals surface area contributed by atoms with E-state index in [1.54, 1.807) is 0 Å². The molecule has 102 valence electrons. The van der Waals surface area contributed by atoms with E-state index in [1.165, 1.54) is 5.56 Å². The van der Waals surface area contributed by atoms with E-state index in [0.717, 1.165) is 24.9 Å². The lowest BCUT2D eigenvalue weighted by Crippen LogP contribution is -2.19. The fraction of sp³-hybridized carbons (Fsp3) is 0.467. The molecule has 0 aliphatic rings. The third-order valence-electron chi connectivity index (χ3n) is 3.12. The van der Waals surface area contributed by atoms with E-state index in [1.807, 2.05) is 19.1 Å². The van der Waals surface area contributed by atoms with Gasteiger partial charge in [-0.15, -0.1) is 10.2 Å². The average Bonchev–Trinajstić information content (AvgIpc) is 2.94. The molecule has 1 aromatic heterocycles. The lowest BCUT2D eigenvalue weighted by atomic mass is 10.1. The summed E-state index contributed by atoms with van der Waals surface area (Å²) in [6, 6.07) is 8.34. The summed E-state index contributed by atoms with van der Waals surface area (Å²) in [6.07, 6.45) is 2.12. The Morgan fingerprint density at radius 2 is 1.89 bits per heavy atom. The second kappa shape index (κ2) is 6.48. The molecule has 0 bridgehead atoms. The van der Waals surface area contributed by atoms with Crippen LogP contribution < -0.4 is 5.32 Å². The molecule has 1 atom stereocenters. The SMILES string of the molecule is CCCNC(C)c1nnc(-c2ccc(CC)cc2)o1. The second-order valence-corrected chi connectivity index (χ2v) is 4.67. The van der Waals surface area contributed by atoms with Gasteiger partial charge in [0.25, 0.3) is 0 Å². The number of hydrogen-bond acceptors (Lipinski definition) is 4. The van der Waals surface area contributed by atoms with E-state index in [2.05, 4.69) is 41.5 Å². The third-order valence-corrected chi connectivity index (χ3v) is 3.12. The molecular formula is C15H21N3O. The Bertz CT molecular complexity index is 504. The van der Waals surface area contributed by atoms with Gasteiger partial charge in [0, 0.05) is 5.56 Å². The highest BCUT2D eigenvalue weighted by molar-refractivity contribution is 5.52. The minimum absolute atomic E-state index is 0.0936. The van der Waals surface area contributed by atoms with Crippen molar-refractivity contribution in [3.63, 3.8) is 0 Å². The molecule has 0 saturated heterocycles. The van der Waals surface area contributed by atoms with E-state index in [0.29, 0.717) is 11.8 Å². The van der Waals surface area contributed by atoms with Gasteiger partial charge in [-0.1, -0.05) is 26.0 Å². The fourth-order valence-corrected chi connectivity index (χ4v) is 1.86. The average molecular weight is 259 g/mol. The Morgan fingerprint density at radius 1 is 1.16 bits per heavy atom. The first-order valence-corrected chi connectivity index (χ1v) is 6.90. The summed E-state index contributed by atoms with van der Waals surface area (Å²) >= 11 is 0. The lowest BCUT2D eigenvalue weighted by molar-refractivity contribution is 0.423. The largest absolute Gasteiger partial charge is 0.419 e. The van der Waals surface area contributed by atoms with Gasteiger partial charge in [-0.2, -0.15) is 0 Å². The summed E-state index contributed by atoms with van der Waals surface area (Å²) in [6.45, 7) is 7.26. The van der Waals surface area contributed by atoms with Crippen LogP contribution >= 0.6 is 0 Å².